The molecule has 1 aromatic carbocycles. The third kappa shape index (κ3) is 3.73. The molecule has 5 aromatic rings. The summed E-state index contributed by atoms with van der Waals surface area (Å²) in [4.78, 5) is 28.2. The first-order chi connectivity index (χ1) is 18.0. The van der Waals surface area contributed by atoms with Gasteiger partial charge in [-0.3, -0.25) is 9.36 Å². The predicted octanol–water partition coefficient (Wildman–Crippen LogP) is 2.97. The summed E-state index contributed by atoms with van der Waals surface area (Å²) in [5, 5.41) is 23.2. The van der Waals surface area contributed by atoms with E-state index in [0.717, 1.165) is 33.4 Å². The molecule has 10 nitrogen and oxygen atoms in total. The van der Waals surface area contributed by atoms with E-state index >= 15 is 0 Å². The van der Waals surface area contributed by atoms with E-state index < -0.39 is 0 Å². The van der Waals surface area contributed by atoms with Crippen LogP contribution in [0.1, 0.15) is 33.0 Å². The number of carbonyl (C=O) groups excluding carboxylic acids is 1. The van der Waals surface area contributed by atoms with Gasteiger partial charge in [0, 0.05) is 37.0 Å². The molecule has 182 valence electrons. The zero-order valence-corrected chi connectivity index (χ0v) is 20.3. The Bertz CT molecular complexity index is 1740. The number of aliphatic hydroxyl groups excluding tert-OH is 1. The van der Waals surface area contributed by atoms with Crippen LogP contribution in [-0.4, -0.2) is 58.9 Å². The number of fused-ring (bicyclic) bond motifs is 2. The molecule has 1 aliphatic heterocycles. The van der Waals surface area contributed by atoms with Crippen LogP contribution < -0.4 is 0 Å². The molecule has 0 saturated heterocycles. The second kappa shape index (κ2) is 8.65. The van der Waals surface area contributed by atoms with Crippen LogP contribution in [0.3, 0.4) is 0 Å². The van der Waals surface area contributed by atoms with Crippen LogP contribution >= 0.6 is 0 Å². The smallest absolute Gasteiger partial charge is 0.272 e. The first kappa shape index (κ1) is 22.6. The van der Waals surface area contributed by atoms with Crippen molar-refractivity contribution in [1.29, 1.82) is 5.26 Å². The Morgan fingerprint density at radius 1 is 1.11 bits per heavy atom. The van der Waals surface area contributed by atoms with Gasteiger partial charge in [0.2, 0.25) is 0 Å². The summed E-state index contributed by atoms with van der Waals surface area (Å²) >= 11 is 0. The molecule has 1 aliphatic rings. The number of aliphatic hydroxyl groups is 1. The minimum atomic E-state index is -0.0730. The third-order valence-electron chi connectivity index (χ3n) is 6.55. The van der Waals surface area contributed by atoms with Crippen LogP contribution in [0, 0.1) is 18.3 Å². The number of pyridine rings is 2. The summed E-state index contributed by atoms with van der Waals surface area (Å²) in [6, 6.07) is 17.3. The van der Waals surface area contributed by atoms with Gasteiger partial charge >= 0.3 is 0 Å². The average molecular weight is 491 g/mol. The zero-order chi connectivity index (χ0) is 25.7. The molecule has 0 aliphatic carbocycles. The van der Waals surface area contributed by atoms with Crippen molar-refractivity contribution in [3.8, 4) is 29.0 Å². The number of aryl methyl sites for hydroxylation is 1. The molecule has 37 heavy (non-hydrogen) atoms. The lowest BCUT2D eigenvalue weighted by Gasteiger charge is -2.13. The molecule has 4 aromatic heterocycles. The van der Waals surface area contributed by atoms with Gasteiger partial charge in [-0.1, -0.05) is 18.2 Å². The van der Waals surface area contributed by atoms with E-state index in [2.05, 4.69) is 21.1 Å². The van der Waals surface area contributed by atoms with Crippen LogP contribution in [0.4, 0.5) is 0 Å². The van der Waals surface area contributed by atoms with Crippen LogP contribution in [0.5, 0.6) is 0 Å². The lowest BCUT2D eigenvalue weighted by molar-refractivity contribution is 0.0812. The van der Waals surface area contributed by atoms with Crippen molar-refractivity contribution < 1.29 is 9.90 Å². The third-order valence-corrected chi connectivity index (χ3v) is 6.55. The number of nitrogens with zero attached hydrogens (tertiary/aromatic N) is 8. The van der Waals surface area contributed by atoms with Gasteiger partial charge < -0.3 is 10.0 Å². The minimum Gasteiger partial charge on any atom is -0.396 e. The van der Waals surface area contributed by atoms with Gasteiger partial charge in [0.25, 0.3) is 5.91 Å². The summed E-state index contributed by atoms with van der Waals surface area (Å²) in [5.41, 5.74) is 6.46. The van der Waals surface area contributed by atoms with Gasteiger partial charge in [-0.25, -0.2) is 19.6 Å². The highest BCUT2D eigenvalue weighted by Crippen LogP contribution is 2.28. The normalized spacial score (nSPS) is 12.8. The standard InChI is InChI=1S/C27H22N8O2/c1-16-11-20(13-28)32-35(16)26-17(9-10-36)5-8-24(31-26)34-15-29-22-7-3-18(12-23(22)34)21-6-4-19-14-33(2)27(37)25(19)30-21/h3-8,11-12,15,36H,9-10,14H2,1-2H3. The highest BCUT2D eigenvalue weighted by molar-refractivity contribution is 5.97. The molecule has 0 fully saturated rings. The highest BCUT2D eigenvalue weighted by Gasteiger charge is 2.26. The predicted molar refractivity (Wildman–Crippen MR) is 135 cm³/mol. The van der Waals surface area contributed by atoms with E-state index in [1.54, 1.807) is 29.0 Å². The fraction of sp³-hybridized carbons (Fsp3) is 0.185. The summed E-state index contributed by atoms with van der Waals surface area (Å²) in [6.45, 7) is 2.39. The lowest BCUT2D eigenvalue weighted by Crippen LogP contribution is -2.18. The van der Waals surface area contributed by atoms with Gasteiger partial charge in [0.05, 0.1) is 16.7 Å². The van der Waals surface area contributed by atoms with Crippen LogP contribution in [0.15, 0.2) is 54.9 Å². The number of aromatic nitrogens is 6. The Morgan fingerprint density at radius 3 is 2.76 bits per heavy atom. The monoisotopic (exact) mass is 490 g/mol. The first-order valence-corrected chi connectivity index (χ1v) is 11.8. The van der Waals surface area contributed by atoms with Crippen molar-refractivity contribution in [2.75, 3.05) is 13.7 Å². The second-order valence-corrected chi connectivity index (χ2v) is 9.00. The van der Waals surface area contributed by atoms with Gasteiger partial charge in [-0.05, 0) is 49.2 Å². The molecular formula is C27H22N8O2. The summed E-state index contributed by atoms with van der Waals surface area (Å²) in [7, 11) is 1.77. The second-order valence-electron chi connectivity index (χ2n) is 9.00. The molecule has 0 saturated carbocycles. The number of benzene rings is 1. The van der Waals surface area contributed by atoms with Crippen LogP contribution in [0.2, 0.25) is 0 Å². The van der Waals surface area contributed by atoms with E-state index in [9.17, 15) is 15.2 Å². The number of hydrogen-bond acceptors (Lipinski definition) is 7. The number of rotatable bonds is 5. The topological polar surface area (TPSA) is 126 Å². The van der Waals surface area contributed by atoms with E-state index in [-0.39, 0.29) is 12.5 Å². The van der Waals surface area contributed by atoms with Crippen molar-refractivity contribution in [2.24, 2.45) is 0 Å². The average Bonchev–Trinajstić information content (AvgIpc) is 3.59. The summed E-state index contributed by atoms with van der Waals surface area (Å²) in [5.74, 6) is 1.09. The minimum absolute atomic E-state index is 0.0388. The SMILES string of the molecule is Cc1cc(C#N)nn1-c1nc(-n2cnc3ccc(-c4ccc5c(n4)C(=O)N(C)C5)cc32)ccc1CCO. The van der Waals surface area contributed by atoms with Crippen molar-refractivity contribution >= 4 is 16.9 Å². The number of nitriles is 1. The van der Waals surface area contributed by atoms with Crippen molar-refractivity contribution in [3.05, 3.63) is 83.1 Å². The molecule has 6 rings (SSSR count). The molecule has 0 unspecified atom stereocenters. The van der Waals surface area contributed by atoms with Crippen molar-refractivity contribution in [3.63, 3.8) is 0 Å². The van der Waals surface area contributed by atoms with Gasteiger partial charge in [-0.15, -0.1) is 0 Å². The maximum absolute atomic E-state index is 12.5. The molecular weight excluding hydrogens is 468 g/mol. The van der Waals surface area contributed by atoms with E-state index in [0.29, 0.717) is 41.7 Å². The molecule has 0 radical (unpaired) electrons. The maximum atomic E-state index is 12.5. The highest BCUT2D eigenvalue weighted by atomic mass is 16.3. The van der Waals surface area contributed by atoms with Crippen molar-refractivity contribution in [2.45, 2.75) is 19.9 Å². The zero-order valence-electron chi connectivity index (χ0n) is 20.3. The van der Waals surface area contributed by atoms with Crippen LogP contribution in [0.25, 0.3) is 33.9 Å². The molecule has 0 atom stereocenters. The fourth-order valence-corrected chi connectivity index (χ4v) is 4.66. The Labute approximate surface area is 212 Å². The van der Waals surface area contributed by atoms with Gasteiger partial charge in [-0.2, -0.15) is 10.4 Å². The summed E-state index contributed by atoms with van der Waals surface area (Å²) in [6.07, 6.45) is 2.11. The first-order valence-electron chi connectivity index (χ1n) is 11.8. The Hall–Kier alpha value is -4.88. The molecule has 5 heterocycles. The van der Waals surface area contributed by atoms with Gasteiger partial charge in [0.1, 0.15) is 23.9 Å². The Morgan fingerprint density at radius 2 is 1.97 bits per heavy atom. The number of imidazole rings is 1. The molecule has 1 amide bonds. The molecule has 10 heteroatoms. The van der Waals surface area contributed by atoms with E-state index in [1.165, 1.54) is 0 Å². The Balaban J connectivity index is 1.46. The summed E-state index contributed by atoms with van der Waals surface area (Å²) < 4.78 is 3.50. The van der Waals surface area contributed by atoms with Gasteiger partial charge in [0.15, 0.2) is 11.5 Å². The van der Waals surface area contributed by atoms with E-state index in [4.69, 9.17) is 4.98 Å². The molecule has 0 bridgehead atoms. The van der Waals surface area contributed by atoms with E-state index in [1.807, 2.05) is 54.0 Å². The molecule has 1 N–H and O–H groups in total. The van der Waals surface area contributed by atoms with Crippen LogP contribution in [-0.2, 0) is 13.0 Å². The number of carbonyl (C=O) groups is 1. The van der Waals surface area contributed by atoms with Crippen molar-refractivity contribution in [1.82, 2.24) is 34.2 Å². The quantitative estimate of drug-likeness (QED) is 0.401. The number of amides is 1. The Kier molecular flexibility index (Phi) is 5.28. The lowest BCUT2D eigenvalue weighted by atomic mass is 10.1. The fourth-order valence-electron chi connectivity index (χ4n) is 4.66. The largest absolute Gasteiger partial charge is 0.396 e. The molecule has 0 spiro atoms. The number of hydrogen-bond donors (Lipinski definition) is 1. The maximum Gasteiger partial charge on any atom is 0.272 e.